The van der Waals surface area contributed by atoms with Crippen LogP contribution >= 0.6 is 0 Å². The molecule has 1 heterocycles. The summed E-state index contributed by atoms with van der Waals surface area (Å²) in [6.07, 6.45) is 0.738. The summed E-state index contributed by atoms with van der Waals surface area (Å²) in [5.74, 6) is 0.725. The van der Waals surface area contributed by atoms with Gasteiger partial charge in [0, 0.05) is 34.0 Å². The third kappa shape index (κ3) is 7.57. The summed E-state index contributed by atoms with van der Waals surface area (Å²) >= 11 is 0. The van der Waals surface area contributed by atoms with E-state index in [0.29, 0.717) is 11.8 Å². The molecule has 0 aromatic heterocycles. The lowest BCUT2D eigenvalue weighted by Crippen LogP contribution is -2.19. The van der Waals surface area contributed by atoms with E-state index in [9.17, 15) is 0 Å². The van der Waals surface area contributed by atoms with E-state index in [4.69, 9.17) is 0 Å². The SMILES string of the molecule is Cc1cccc(C)c1-c1ccc2c(c1)N(c1cccc(C(C)C)c1)c1cc(c3ccc4cc(C(C)(C)C)cc5ccc1c3c54)N(c1cccc(C(C)C)c1)c1cc(-c3c(C)cccc3C)ccc1C2. The van der Waals surface area contributed by atoms with Gasteiger partial charge in [-0.3, -0.25) is 0 Å². The fourth-order valence-corrected chi connectivity index (χ4v) is 11.4. The maximum absolute atomic E-state index is 2.62. The van der Waals surface area contributed by atoms with Gasteiger partial charge in [0.2, 0.25) is 0 Å². The Bertz CT molecular complexity index is 3370. The highest BCUT2D eigenvalue weighted by molar-refractivity contribution is 6.29. The molecule has 342 valence electrons. The van der Waals surface area contributed by atoms with Gasteiger partial charge in [0.05, 0.1) is 22.7 Å². The van der Waals surface area contributed by atoms with Crippen molar-refractivity contribution in [2.75, 3.05) is 9.80 Å². The van der Waals surface area contributed by atoms with E-state index in [0.717, 1.165) is 17.8 Å². The van der Waals surface area contributed by atoms with Crippen molar-refractivity contribution in [3.8, 4) is 22.3 Å². The minimum absolute atomic E-state index is 0.00198. The van der Waals surface area contributed by atoms with Crippen LogP contribution in [0.25, 0.3) is 54.6 Å². The van der Waals surface area contributed by atoms with Crippen LogP contribution in [0.1, 0.15) is 110 Å². The van der Waals surface area contributed by atoms with Crippen molar-refractivity contribution in [3.63, 3.8) is 0 Å². The molecule has 2 bridgehead atoms. The zero-order valence-electron chi connectivity index (χ0n) is 42.3. The first-order valence-corrected chi connectivity index (χ1v) is 25.1. The Morgan fingerprint density at radius 2 is 0.826 bits per heavy atom. The highest BCUT2D eigenvalue weighted by Crippen LogP contribution is 2.54. The normalized spacial score (nSPS) is 13.0. The number of hydrogen-bond acceptors (Lipinski definition) is 2. The maximum Gasteiger partial charge on any atom is 0.0561 e. The van der Waals surface area contributed by atoms with Crippen LogP contribution in [0.15, 0.2) is 164 Å². The zero-order chi connectivity index (χ0) is 48.0. The number of rotatable bonds is 6. The standard InChI is InChI=1S/C67H64N2/c1-40(2)46-20-14-22-55(35-46)68-59-37-52(63-42(5)16-12-17-43(63)6)26-24-48(59)32-49-25-27-53(64-44(7)18-13-19-45(64)8)38-60(49)69(56-23-15-21-47(36-56)41(3)4)62-39-61(68)57-30-28-50-33-54(67(9,10)11)34-51-29-31-58(62)66(57)65(50)51/h12-31,33-41H,32H2,1-11H3. The van der Waals surface area contributed by atoms with Gasteiger partial charge in [0.25, 0.3) is 0 Å². The monoisotopic (exact) mass is 897 g/mol. The molecule has 0 fully saturated rings. The average Bonchev–Trinajstić information content (AvgIpc) is 3.32. The molecule has 0 saturated heterocycles. The zero-order valence-corrected chi connectivity index (χ0v) is 42.3. The first-order chi connectivity index (χ1) is 33.1. The molecule has 0 spiro atoms. The predicted molar refractivity (Wildman–Crippen MR) is 299 cm³/mol. The number of nitrogens with zero attached hydrogens (tertiary/aromatic N) is 2. The molecule has 0 unspecified atom stereocenters. The number of fused-ring (bicyclic) bond motifs is 6. The quantitative estimate of drug-likeness (QED) is 0.153. The van der Waals surface area contributed by atoms with Gasteiger partial charge < -0.3 is 9.80 Å². The largest absolute Gasteiger partial charge is 0.309 e. The summed E-state index contributed by atoms with van der Waals surface area (Å²) in [5, 5.41) is 7.67. The smallest absolute Gasteiger partial charge is 0.0561 e. The number of hydrogen-bond donors (Lipinski definition) is 0. The van der Waals surface area contributed by atoms with Crippen molar-refractivity contribution in [2.24, 2.45) is 0 Å². The Morgan fingerprint density at radius 3 is 1.23 bits per heavy atom. The molecule has 0 radical (unpaired) electrons. The molecule has 0 N–H and O–H groups in total. The van der Waals surface area contributed by atoms with Gasteiger partial charge in [-0.2, -0.15) is 0 Å². The van der Waals surface area contributed by atoms with Crippen LogP contribution < -0.4 is 9.80 Å². The highest BCUT2D eigenvalue weighted by Gasteiger charge is 2.30. The minimum Gasteiger partial charge on any atom is -0.309 e. The second kappa shape index (κ2) is 16.8. The van der Waals surface area contributed by atoms with E-state index in [-0.39, 0.29) is 5.41 Å². The van der Waals surface area contributed by atoms with Crippen molar-refractivity contribution in [1.29, 1.82) is 0 Å². The van der Waals surface area contributed by atoms with Gasteiger partial charge in [-0.05, 0) is 176 Å². The Kier molecular flexibility index (Phi) is 10.8. The van der Waals surface area contributed by atoms with E-state index in [1.165, 1.54) is 127 Å². The summed E-state index contributed by atoms with van der Waals surface area (Å²) in [4.78, 5) is 5.24. The Morgan fingerprint density at radius 1 is 0.406 bits per heavy atom. The van der Waals surface area contributed by atoms with Gasteiger partial charge in [0.15, 0.2) is 0 Å². The molecule has 1 aliphatic heterocycles. The molecule has 2 heteroatoms. The second-order valence-corrected chi connectivity index (χ2v) is 21.6. The molecule has 11 rings (SSSR count). The summed E-state index contributed by atoms with van der Waals surface area (Å²) in [7, 11) is 0. The highest BCUT2D eigenvalue weighted by atomic mass is 15.2. The average molecular weight is 897 g/mol. The first kappa shape index (κ1) is 44.4. The van der Waals surface area contributed by atoms with Crippen molar-refractivity contribution < 1.29 is 0 Å². The summed E-state index contributed by atoms with van der Waals surface area (Å²) in [5.41, 5.74) is 23.8. The molecule has 10 aromatic carbocycles. The van der Waals surface area contributed by atoms with Crippen molar-refractivity contribution in [3.05, 3.63) is 214 Å². The molecular weight excluding hydrogens is 833 g/mol. The molecule has 2 nitrogen and oxygen atoms in total. The van der Waals surface area contributed by atoms with Crippen molar-refractivity contribution in [2.45, 2.75) is 99.8 Å². The molecule has 69 heavy (non-hydrogen) atoms. The van der Waals surface area contributed by atoms with Crippen LogP contribution in [-0.4, -0.2) is 0 Å². The maximum atomic E-state index is 2.62. The van der Waals surface area contributed by atoms with Gasteiger partial charge in [0.1, 0.15) is 0 Å². The first-order valence-electron chi connectivity index (χ1n) is 25.1. The molecule has 0 atom stereocenters. The van der Waals surface area contributed by atoms with Crippen molar-refractivity contribution in [1.82, 2.24) is 0 Å². The van der Waals surface area contributed by atoms with Crippen LogP contribution in [-0.2, 0) is 11.8 Å². The van der Waals surface area contributed by atoms with E-state index >= 15 is 0 Å². The Hall–Kier alpha value is -7.16. The lowest BCUT2D eigenvalue weighted by atomic mass is 9.83. The molecule has 1 aliphatic rings. The number of anilines is 6. The molecule has 0 amide bonds. The minimum atomic E-state index is 0.00198. The lowest BCUT2D eigenvalue weighted by Gasteiger charge is -2.36. The summed E-state index contributed by atoms with van der Waals surface area (Å²) in [6, 6.07) is 63.7. The number of aryl methyl sites for hydroxylation is 4. The lowest BCUT2D eigenvalue weighted by molar-refractivity contribution is 0.591. The van der Waals surface area contributed by atoms with Crippen LogP contribution in [0, 0.1) is 27.7 Å². The van der Waals surface area contributed by atoms with E-state index in [2.05, 4.69) is 250 Å². The van der Waals surface area contributed by atoms with Crippen molar-refractivity contribution >= 4 is 66.4 Å². The third-order valence-electron chi connectivity index (χ3n) is 15.2. The molecule has 0 saturated carbocycles. The van der Waals surface area contributed by atoms with Gasteiger partial charge in [-0.15, -0.1) is 0 Å². The second-order valence-electron chi connectivity index (χ2n) is 21.6. The Balaban J connectivity index is 1.35. The van der Waals surface area contributed by atoms with E-state index < -0.39 is 0 Å². The molecular formula is C67H64N2. The van der Waals surface area contributed by atoms with E-state index in [1.807, 2.05) is 0 Å². The third-order valence-corrected chi connectivity index (χ3v) is 15.2. The fraction of sp³-hybridized carbons (Fsp3) is 0.224. The Labute approximate surface area is 410 Å². The summed E-state index contributed by atoms with van der Waals surface area (Å²) < 4.78 is 0. The number of benzene rings is 10. The van der Waals surface area contributed by atoms with Crippen LogP contribution in [0.4, 0.5) is 34.1 Å². The van der Waals surface area contributed by atoms with E-state index in [1.54, 1.807) is 0 Å². The van der Waals surface area contributed by atoms with Gasteiger partial charge in [-0.1, -0.05) is 170 Å². The van der Waals surface area contributed by atoms with Gasteiger partial charge in [-0.25, -0.2) is 0 Å². The van der Waals surface area contributed by atoms with Crippen LogP contribution in [0.2, 0.25) is 0 Å². The predicted octanol–water partition coefficient (Wildman–Crippen LogP) is 19.5. The molecule has 0 aliphatic carbocycles. The van der Waals surface area contributed by atoms with Gasteiger partial charge >= 0.3 is 0 Å². The van der Waals surface area contributed by atoms with Crippen LogP contribution in [0.5, 0.6) is 0 Å². The molecule has 10 aromatic rings. The summed E-state index contributed by atoms with van der Waals surface area (Å²) in [6.45, 7) is 25.2. The van der Waals surface area contributed by atoms with Crippen LogP contribution in [0.3, 0.4) is 0 Å². The topological polar surface area (TPSA) is 6.48 Å². The fourth-order valence-electron chi connectivity index (χ4n) is 11.4.